The lowest BCUT2D eigenvalue weighted by Gasteiger charge is -2.19. The van der Waals surface area contributed by atoms with Crippen molar-refractivity contribution < 1.29 is 22.0 Å². The first-order chi connectivity index (χ1) is 9.45. The number of nitrogens with one attached hydrogen (secondary N) is 1. The minimum Gasteiger partial charge on any atom is -0.313 e. The van der Waals surface area contributed by atoms with E-state index in [2.05, 4.69) is 5.32 Å². The third kappa shape index (κ3) is 3.48. The predicted octanol–water partition coefficient (Wildman–Crippen LogP) is 4.61. The van der Waals surface area contributed by atoms with Gasteiger partial charge in [0.15, 0.2) is 23.3 Å². The molecule has 0 aliphatic rings. The van der Waals surface area contributed by atoms with Gasteiger partial charge in [0.1, 0.15) is 0 Å². The summed E-state index contributed by atoms with van der Waals surface area (Å²) in [5.74, 6) is -9.42. The first-order valence-corrected chi connectivity index (χ1v) is 6.64. The van der Waals surface area contributed by atoms with Crippen LogP contribution in [-0.2, 0) is 0 Å². The number of unbranched alkanes of at least 4 members (excludes halogenated alkanes) is 3. The maximum absolute atomic E-state index is 13.7. The fraction of sp³-hybridized carbons (Fsp3) is 0.571. The monoisotopic (exact) mass is 295 g/mol. The molecule has 0 fully saturated rings. The largest absolute Gasteiger partial charge is 0.313 e. The van der Waals surface area contributed by atoms with E-state index in [4.69, 9.17) is 0 Å². The molecule has 0 amide bonds. The first-order valence-electron chi connectivity index (χ1n) is 6.64. The van der Waals surface area contributed by atoms with Gasteiger partial charge in [-0.3, -0.25) is 0 Å². The van der Waals surface area contributed by atoms with Crippen LogP contribution >= 0.6 is 0 Å². The van der Waals surface area contributed by atoms with E-state index in [1.54, 1.807) is 0 Å². The second-order valence-electron chi connectivity index (χ2n) is 4.67. The SMILES string of the molecule is CCCCCCC(NC)c1c(F)c(F)c(F)c(F)c1F. The molecular formula is C14H18F5N. The summed E-state index contributed by atoms with van der Waals surface area (Å²) in [4.78, 5) is 0. The average molecular weight is 295 g/mol. The van der Waals surface area contributed by atoms with Crippen LogP contribution in [-0.4, -0.2) is 7.05 Å². The van der Waals surface area contributed by atoms with E-state index in [0.29, 0.717) is 12.8 Å². The van der Waals surface area contributed by atoms with Gasteiger partial charge in [-0.25, -0.2) is 22.0 Å². The van der Waals surface area contributed by atoms with Crippen molar-refractivity contribution in [3.05, 3.63) is 34.6 Å². The lowest BCUT2D eigenvalue weighted by Crippen LogP contribution is -2.21. The van der Waals surface area contributed by atoms with Gasteiger partial charge in [-0.15, -0.1) is 0 Å². The van der Waals surface area contributed by atoms with Gasteiger partial charge in [-0.1, -0.05) is 32.6 Å². The molecule has 0 aliphatic heterocycles. The number of hydrogen-bond acceptors (Lipinski definition) is 1. The number of halogens is 5. The summed E-state index contributed by atoms with van der Waals surface area (Å²) >= 11 is 0. The van der Waals surface area contributed by atoms with Crippen LogP contribution in [0.4, 0.5) is 22.0 Å². The lowest BCUT2D eigenvalue weighted by atomic mass is 9.98. The van der Waals surface area contributed by atoms with E-state index in [9.17, 15) is 22.0 Å². The van der Waals surface area contributed by atoms with Crippen LogP contribution in [0.2, 0.25) is 0 Å². The molecule has 114 valence electrons. The molecule has 6 heteroatoms. The molecule has 1 N–H and O–H groups in total. The average Bonchev–Trinajstić information content (AvgIpc) is 2.45. The topological polar surface area (TPSA) is 12.0 Å². The van der Waals surface area contributed by atoms with E-state index in [1.807, 2.05) is 6.92 Å². The molecule has 0 aromatic heterocycles. The van der Waals surface area contributed by atoms with Crippen molar-refractivity contribution in [2.24, 2.45) is 0 Å². The van der Waals surface area contributed by atoms with E-state index in [1.165, 1.54) is 7.05 Å². The zero-order chi connectivity index (χ0) is 15.3. The Kier molecular flexibility index (Phi) is 6.39. The Balaban J connectivity index is 3.03. The summed E-state index contributed by atoms with van der Waals surface area (Å²) in [6, 6.07) is -0.892. The second kappa shape index (κ2) is 7.57. The molecule has 20 heavy (non-hydrogen) atoms. The van der Waals surface area contributed by atoms with E-state index < -0.39 is 40.7 Å². The van der Waals surface area contributed by atoms with Crippen molar-refractivity contribution >= 4 is 0 Å². The van der Waals surface area contributed by atoms with Gasteiger partial charge in [0.25, 0.3) is 0 Å². The first kappa shape index (κ1) is 16.9. The lowest BCUT2D eigenvalue weighted by molar-refractivity contribution is 0.353. The molecule has 1 aromatic carbocycles. The smallest absolute Gasteiger partial charge is 0.200 e. The Labute approximate surface area is 115 Å². The summed E-state index contributed by atoms with van der Waals surface area (Å²) in [5, 5.41) is 2.62. The van der Waals surface area contributed by atoms with Crippen LogP contribution in [0.5, 0.6) is 0 Å². The Morgan fingerprint density at radius 1 is 0.800 bits per heavy atom. The number of rotatable bonds is 7. The number of hydrogen-bond donors (Lipinski definition) is 1. The minimum atomic E-state index is -2.12. The fourth-order valence-electron chi connectivity index (χ4n) is 2.14. The van der Waals surface area contributed by atoms with Crippen molar-refractivity contribution in [3.8, 4) is 0 Å². The third-order valence-corrected chi connectivity index (χ3v) is 3.29. The van der Waals surface area contributed by atoms with Crippen LogP contribution < -0.4 is 5.32 Å². The molecule has 0 aliphatic carbocycles. The zero-order valence-electron chi connectivity index (χ0n) is 11.5. The standard InChI is InChI=1S/C14H18F5N/c1-3-4-5-6-7-8(20-2)9-10(15)12(17)14(19)13(18)11(9)16/h8,20H,3-7H2,1-2H3. The highest BCUT2D eigenvalue weighted by atomic mass is 19.2. The molecule has 0 bridgehead atoms. The molecule has 1 rings (SSSR count). The van der Waals surface area contributed by atoms with Crippen molar-refractivity contribution in [2.75, 3.05) is 7.05 Å². The highest BCUT2D eigenvalue weighted by molar-refractivity contribution is 5.27. The fourth-order valence-corrected chi connectivity index (χ4v) is 2.14. The van der Waals surface area contributed by atoms with Gasteiger partial charge in [-0.05, 0) is 13.5 Å². The van der Waals surface area contributed by atoms with Crippen molar-refractivity contribution in [3.63, 3.8) is 0 Å². The maximum atomic E-state index is 13.7. The van der Waals surface area contributed by atoms with Crippen LogP contribution in [0.25, 0.3) is 0 Å². The quantitative estimate of drug-likeness (QED) is 0.335. The predicted molar refractivity (Wildman–Crippen MR) is 66.8 cm³/mol. The molecule has 1 nitrogen and oxygen atoms in total. The highest BCUT2D eigenvalue weighted by Crippen LogP contribution is 2.30. The third-order valence-electron chi connectivity index (χ3n) is 3.29. The Bertz CT molecular complexity index is 432. The van der Waals surface area contributed by atoms with Crippen LogP contribution in [0.3, 0.4) is 0 Å². The summed E-state index contributed by atoms with van der Waals surface area (Å²) in [6.07, 6.45) is 3.78. The van der Waals surface area contributed by atoms with E-state index >= 15 is 0 Å². The molecule has 0 radical (unpaired) electrons. The van der Waals surface area contributed by atoms with Crippen LogP contribution in [0.1, 0.15) is 50.6 Å². The van der Waals surface area contributed by atoms with Gasteiger partial charge >= 0.3 is 0 Å². The van der Waals surface area contributed by atoms with E-state index in [-0.39, 0.29) is 0 Å². The Hall–Kier alpha value is -1.17. The molecule has 1 atom stereocenters. The zero-order valence-corrected chi connectivity index (χ0v) is 11.5. The van der Waals surface area contributed by atoms with Crippen LogP contribution in [0, 0.1) is 29.1 Å². The molecule has 0 heterocycles. The summed E-state index contributed by atoms with van der Waals surface area (Å²) in [6.45, 7) is 2.01. The molecular weight excluding hydrogens is 277 g/mol. The number of benzene rings is 1. The van der Waals surface area contributed by atoms with Crippen molar-refractivity contribution in [2.45, 2.75) is 45.1 Å². The summed E-state index contributed by atoms with van der Waals surface area (Å²) in [5.41, 5.74) is -0.777. The molecule has 0 spiro atoms. The molecule has 1 unspecified atom stereocenters. The van der Waals surface area contributed by atoms with Crippen molar-refractivity contribution in [1.82, 2.24) is 5.32 Å². The highest BCUT2D eigenvalue weighted by Gasteiger charge is 2.29. The Morgan fingerprint density at radius 3 is 1.75 bits per heavy atom. The van der Waals surface area contributed by atoms with Gasteiger partial charge < -0.3 is 5.32 Å². The molecule has 0 saturated heterocycles. The van der Waals surface area contributed by atoms with Gasteiger partial charge in [-0.2, -0.15) is 0 Å². The normalized spacial score (nSPS) is 12.8. The molecule has 0 saturated carbocycles. The second-order valence-corrected chi connectivity index (χ2v) is 4.67. The minimum absolute atomic E-state index is 0.314. The van der Waals surface area contributed by atoms with Crippen molar-refractivity contribution in [1.29, 1.82) is 0 Å². The Morgan fingerprint density at radius 2 is 1.30 bits per heavy atom. The van der Waals surface area contributed by atoms with Gasteiger partial charge in [0, 0.05) is 11.6 Å². The summed E-state index contributed by atoms with van der Waals surface area (Å²) in [7, 11) is 1.43. The molecule has 1 aromatic rings. The van der Waals surface area contributed by atoms with E-state index in [0.717, 1.165) is 19.3 Å². The van der Waals surface area contributed by atoms with Gasteiger partial charge in [0.05, 0.1) is 0 Å². The van der Waals surface area contributed by atoms with Gasteiger partial charge in [0.2, 0.25) is 5.82 Å². The van der Waals surface area contributed by atoms with Crippen LogP contribution in [0.15, 0.2) is 0 Å². The summed E-state index contributed by atoms with van der Waals surface area (Å²) < 4.78 is 66.6. The maximum Gasteiger partial charge on any atom is 0.200 e.